The van der Waals surface area contributed by atoms with Crippen LogP contribution in [-0.2, 0) is 6.54 Å². The van der Waals surface area contributed by atoms with E-state index in [1.165, 1.54) is 0 Å². The topological polar surface area (TPSA) is 67.7 Å². The van der Waals surface area contributed by atoms with Crippen molar-refractivity contribution in [1.29, 1.82) is 0 Å². The first kappa shape index (κ1) is 12.3. The standard InChI is InChI=1S/C12H18N6/c1-13-11-8-15-9-12(17-11)16-4-2-3-6-18-7-5-14-10-18/h5,7-10H,2-4,6H2,1H3,(H2,13,16,17). The maximum atomic E-state index is 4.34. The van der Waals surface area contributed by atoms with Crippen molar-refractivity contribution in [3.05, 3.63) is 31.1 Å². The monoisotopic (exact) mass is 246 g/mol. The molecule has 2 rings (SSSR count). The Hall–Kier alpha value is -2.11. The van der Waals surface area contributed by atoms with Crippen LogP contribution in [0.2, 0.25) is 0 Å². The van der Waals surface area contributed by atoms with Crippen LogP contribution in [0.15, 0.2) is 31.1 Å². The van der Waals surface area contributed by atoms with Gasteiger partial charge in [0.25, 0.3) is 0 Å². The van der Waals surface area contributed by atoms with Crippen molar-refractivity contribution in [2.75, 3.05) is 24.2 Å². The largest absolute Gasteiger partial charge is 0.372 e. The molecule has 0 aromatic carbocycles. The number of aromatic nitrogens is 4. The van der Waals surface area contributed by atoms with Gasteiger partial charge in [-0.25, -0.2) is 9.97 Å². The summed E-state index contributed by atoms with van der Waals surface area (Å²) in [6.07, 6.45) is 11.3. The lowest BCUT2D eigenvalue weighted by Gasteiger charge is -2.06. The Morgan fingerprint density at radius 3 is 2.83 bits per heavy atom. The van der Waals surface area contributed by atoms with E-state index in [1.54, 1.807) is 18.6 Å². The summed E-state index contributed by atoms with van der Waals surface area (Å²) >= 11 is 0. The molecule has 96 valence electrons. The molecule has 2 heterocycles. The third kappa shape index (κ3) is 3.73. The van der Waals surface area contributed by atoms with Crippen LogP contribution in [-0.4, -0.2) is 33.1 Å². The molecule has 0 bridgehead atoms. The lowest BCUT2D eigenvalue weighted by Crippen LogP contribution is -2.06. The number of aryl methyl sites for hydroxylation is 1. The Labute approximate surface area is 106 Å². The van der Waals surface area contributed by atoms with Gasteiger partial charge in [-0.2, -0.15) is 0 Å². The van der Waals surface area contributed by atoms with Crippen LogP contribution < -0.4 is 10.6 Å². The summed E-state index contributed by atoms with van der Waals surface area (Å²) in [5.74, 6) is 1.59. The maximum absolute atomic E-state index is 4.34. The van der Waals surface area contributed by atoms with E-state index in [0.717, 1.165) is 37.6 Å². The van der Waals surface area contributed by atoms with E-state index in [2.05, 4.69) is 30.2 Å². The second-order valence-electron chi connectivity index (χ2n) is 3.97. The minimum absolute atomic E-state index is 0.776. The number of nitrogens with one attached hydrogen (secondary N) is 2. The Morgan fingerprint density at radius 1 is 1.17 bits per heavy atom. The summed E-state index contributed by atoms with van der Waals surface area (Å²) in [7, 11) is 1.83. The SMILES string of the molecule is CNc1cncc(NCCCCn2ccnc2)n1. The minimum atomic E-state index is 0.776. The Balaban J connectivity index is 1.65. The predicted octanol–water partition coefficient (Wildman–Crippen LogP) is 1.61. The third-order valence-electron chi connectivity index (χ3n) is 2.60. The van der Waals surface area contributed by atoms with Crippen molar-refractivity contribution in [2.45, 2.75) is 19.4 Å². The van der Waals surface area contributed by atoms with Gasteiger partial charge in [0, 0.05) is 32.5 Å². The Kier molecular flexibility index (Phi) is 4.52. The van der Waals surface area contributed by atoms with E-state index in [9.17, 15) is 0 Å². The van der Waals surface area contributed by atoms with Crippen LogP contribution in [0.5, 0.6) is 0 Å². The van der Waals surface area contributed by atoms with E-state index in [1.807, 2.05) is 19.6 Å². The molecule has 18 heavy (non-hydrogen) atoms. The smallest absolute Gasteiger partial charge is 0.146 e. The van der Waals surface area contributed by atoms with Crippen molar-refractivity contribution in [2.24, 2.45) is 0 Å². The molecule has 0 atom stereocenters. The molecule has 0 spiro atoms. The van der Waals surface area contributed by atoms with Gasteiger partial charge in [-0.15, -0.1) is 0 Å². The number of imidazole rings is 1. The average Bonchev–Trinajstić information content (AvgIpc) is 2.92. The number of anilines is 2. The molecule has 0 unspecified atom stereocenters. The highest BCUT2D eigenvalue weighted by Crippen LogP contribution is 2.05. The van der Waals surface area contributed by atoms with Crippen molar-refractivity contribution in [3.8, 4) is 0 Å². The lowest BCUT2D eigenvalue weighted by atomic mass is 10.3. The van der Waals surface area contributed by atoms with Crippen LogP contribution in [0.25, 0.3) is 0 Å². The number of unbranched alkanes of at least 4 members (excludes halogenated alkanes) is 1. The normalized spacial score (nSPS) is 10.3. The molecule has 2 aromatic heterocycles. The molecule has 0 amide bonds. The molecule has 2 N–H and O–H groups in total. The summed E-state index contributed by atoms with van der Waals surface area (Å²) in [6.45, 7) is 1.90. The van der Waals surface area contributed by atoms with Crippen LogP contribution in [0.1, 0.15) is 12.8 Å². The first-order valence-electron chi connectivity index (χ1n) is 6.08. The van der Waals surface area contributed by atoms with Crippen molar-refractivity contribution < 1.29 is 0 Å². The summed E-state index contributed by atoms with van der Waals surface area (Å²) in [5, 5.41) is 6.22. The second kappa shape index (κ2) is 6.58. The summed E-state index contributed by atoms with van der Waals surface area (Å²) < 4.78 is 2.08. The Morgan fingerprint density at radius 2 is 2.06 bits per heavy atom. The fraction of sp³-hybridized carbons (Fsp3) is 0.417. The van der Waals surface area contributed by atoms with E-state index < -0.39 is 0 Å². The van der Waals surface area contributed by atoms with E-state index in [4.69, 9.17) is 0 Å². The molecule has 0 fully saturated rings. The van der Waals surface area contributed by atoms with Gasteiger partial charge in [0.15, 0.2) is 0 Å². The van der Waals surface area contributed by atoms with Gasteiger partial charge < -0.3 is 15.2 Å². The van der Waals surface area contributed by atoms with Crippen LogP contribution in [0.4, 0.5) is 11.6 Å². The number of hydrogen-bond acceptors (Lipinski definition) is 5. The average molecular weight is 246 g/mol. The predicted molar refractivity (Wildman–Crippen MR) is 71.5 cm³/mol. The van der Waals surface area contributed by atoms with Crippen molar-refractivity contribution in [1.82, 2.24) is 19.5 Å². The molecule has 6 nitrogen and oxygen atoms in total. The third-order valence-corrected chi connectivity index (χ3v) is 2.60. The van der Waals surface area contributed by atoms with Gasteiger partial charge in [-0.1, -0.05) is 0 Å². The number of hydrogen-bond donors (Lipinski definition) is 2. The zero-order valence-corrected chi connectivity index (χ0v) is 10.5. The molecule has 6 heteroatoms. The molecule has 0 aliphatic heterocycles. The number of rotatable bonds is 7. The molecular formula is C12H18N6. The minimum Gasteiger partial charge on any atom is -0.372 e. The van der Waals surface area contributed by atoms with E-state index >= 15 is 0 Å². The van der Waals surface area contributed by atoms with Crippen LogP contribution >= 0.6 is 0 Å². The highest BCUT2D eigenvalue weighted by Gasteiger charge is 1.96. The molecular weight excluding hydrogens is 228 g/mol. The van der Waals surface area contributed by atoms with E-state index in [-0.39, 0.29) is 0 Å². The molecule has 0 saturated heterocycles. The van der Waals surface area contributed by atoms with Crippen LogP contribution in [0, 0.1) is 0 Å². The maximum Gasteiger partial charge on any atom is 0.146 e. The van der Waals surface area contributed by atoms with Gasteiger partial charge >= 0.3 is 0 Å². The van der Waals surface area contributed by atoms with Crippen LogP contribution in [0.3, 0.4) is 0 Å². The number of nitrogens with zero attached hydrogens (tertiary/aromatic N) is 4. The summed E-state index contributed by atoms with van der Waals surface area (Å²) in [4.78, 5) is 12.4. The van der Waals surface area contributed by atoms with Gasteiger partial charge in [0.2, 0.25) is 0 Å². The van der Waals surface area contributed by atoms with Crippen molar-refractivity contribution in [3.63, 3.8) is 0 Å². The summed E-state index contributed by atoms with van der Waals surface area (Å²) in [6, 6.07) is 0. The lowest BCUT2D eigenvalue weighted by molar-refractivity contribution is 0.620. The first-order valence-corrected chi connectivity index (χ1v) is 6.08. The molecule has 0 aliphatic carbocycles. The fourth-order valence-corrected chi connectivity index (χ4v) is 1.63. The van der Waals surface area contributed by atoms with Gasteiger partial charge in [0.1, 0.15) is 11.6 Å². The van der Waals surface area contributed by atoms with Gasteiger partial charge in [-0.05, 0) is 12.8 Å². The first-order chi connectivity index (χ1) is 8.88. The van der Waals surface area contributed by atoms with E-state index in [0.29, 0.717) is 0 Å². The highest BCUT2D eigenvalue weighted by atomic mass is 15.1. The summed E-state index contributed by atoms with van der Waals surface area (Å²) in [5.41, 5.74) is 0. The molecule has 0 radical (unpaired) electrons. The molecule has 2 aromatic rings. The van der Waals surface area contributed by atoms with Gasteiger partial charge in [0.05, 0.1) is 18.7 Å². The second-order valence-corrected chi connectivity index (χ2v) is 3.97. The highest BCUT2D eigenvalue weighted by molar-refractivity contribution is 5.40. The zero-order chi connectivity index (χ0) is 12.6. The quantitative estimate of drug-likeness (QED) is 0.726. The van der Waals surface area contributed by atoms with Crippen molar-refractivity contribution >= 4 is 11.6 Å². The zero-order valence-electron chi connectivity index (χ0n) is 10.5. The molecule has 0 saturated carbocycles. The Bertz CT molecular complexity index is 453. The van der Waals surface area contributed by atoms with Gasteiger partial charge in [-0.3, -0.25) is 4.98 Å². The fourth-order valence-electron chi connectivity index (χ4n) is 1.63. The molecule has 0 aliphatic rings.